The molecule has 2 rings (SSSR count). The van der Waals surface area contributed by atoms with E-state index in [1.165, 1.54) is 11.8 Å². The van der Waals surface area contributed by atoms with Crippen molar-refractivity contribution in [1.29, 1.82) is 0 Å². The standard InChI is InChI=1S/C21H26N2O2S/c1-4-7-20(24)22-17-8-6-9-18(14-17)26-19(5-2)21(25)23-16-12-10-15(3)11-13-16/h6,8-14,19H,4-5,7H2,1-3H3,(H,22,24)(H,23,25). The predicted molar refractivity (Wildman–Crippen MR) is 110 cm³/mol. The zero-order valence-corrected chi connectivity index (χ0v) is 16.4. The first-order valence-corrected chi connectivity index (χ1v) is 9.84. The maximum Gasteiger partial charge on any atom is 0.237 e. The van der Waals surface area contributed by atoms with E-state index in [9.17, 15) is 9.59 Å². The molecular formula is C21H26N2O2S. The monoisotopic (exact) mass is 370 g/mol. The first-order chi connectivity index (χ1) is 12.5. The number of amides is 2. The summed E-state index contributed by atoms with van der Waals surface area (Å²) in [6.07, 6.45) is 2.04. The van der Waals surface area contributed by atoms with Crippen molar-refractivity contribution in [2.75, 3.05) is 10.6 Å². The maximum absolute atomic E-state index is 12.6. The van der Waals surface area contributed by atoms with E-state index in [0.29, 0.717) is 6.42 Å². The minimum Gasteiger partial charge on any atom is -0.326 e. The van der Waals surface area contributed by atoms with Gasteiger partial charge in [-0.15, -0.1) is 11.8 Å². The van der Waals surface area contributed by atoms with Crippen LogP contribution < -0.4 is 10.6 Å². The van der Waals surface area contributed by atoms with Gasteiger partial charge in [0.1, 0.15) is 0 Å². The summed E-state index contributed by atoms with van der Waals surface area (Å²) in [7, 11) is 0. The van der Waals surface area contributed by atoms with E-state index in [2.05, 4.69) is 10.6 Å². The number of benzene rings is 2. The lowest BCUT2D eigenvalue weighted by atomic mass is 10.2. The highest BCUT2D eigenvalue weighted by Crippen LogP contribution is 2.28. The van der Waals surface area contributed by atoms with Crippen molar-refractivity contribution in [3.05, 3.63) is 54.1 Å². The van der Waals surface area contributed by atoms with Crippen LogP contribution in [0.15, 0.2) is 53.4 Å². The molecule has 0 aliphatic heterocycles. The molecule has 2 N–H and O–H groups in total. The van der Waals surface area contributed by atoms with Crippen LogP contribution >= 0.6 is 11.8 Å². The van der Waals surface area contributed by atoms with Crippen LogP contribution in [0.4, 0.5) is 11.4 Å². The maximum atomic E-state index is 12.6. The third kappa shape index (κ3) is 6.23. The topological polar surface area (TPSA) is 58.2 Å². The molecule has 0 radical (unpaired) electrons. The van der Waals surface area contributed by atoms with E-state index >= 15 is 0 Å². The molecular weight excluding hydrogens is 344 g/mol. The van der Waals surface area contributed by atoms with E-state index < -0.39 is 0 Å². The summed E-state index contributed by atoms with van der Waals surface area (Å²) in [4.78, 5) is 25.3. The van der Waals surface area contributed by atoms with Crippen molar-refractivity contribution in [2.24, 2.45) is 0 Å². The fourth-order valence-electron chi connectivity index (χ4n) is 2.44. The Morgan fingerprint density at radius 3 is 2.38 bits per heavy atom. The summed E-state index contributed by atoms with van der Waals surface area (Å²) in [6.45, 7) is 5.99. The van der Waals surface area contributed by atoms with Crippen LogP contribution in [0.5, 0.6) is 0 Å². The lowest BCUT2D eigenvalue weighted by molar-refractivity contribution is -0.116. The van der Waals surface area contributed by atoms with Gasteiger partial charge in [-0.1, -0.05) is 37.6 Å². The fraction of sp³-hybridized carbons (Fsp3) is 0.333. The fourth-order valence-corrected chi connectivity index (χ4v) is 3.46. The van der Waals surface area contributed by atoms with Gasteiger partial charge in [-0.3, -0.25) is 9.59 Å². The third-order valence-electron chi connectivity index (χ3n) is 3.86. The lowest BCUT2D eigenvalue weighted by Crippen LogP contribution is -2.24. The van der Waals surface area contributed by atoms with E-state index in [0.717, 1.165) is 34.7 Å². The molecule has 0 aromatic heterocycles. The Morgan fingerprint density at radius 1 is 1.00 bits per heavy atom. The average molecular weight is 371 g/mol. The molecule has 2 aromatic carbocycles. The summed E-state index contributed by atoms with van der Waals surface area (Å²) < 4.78 is 0. The number of hydrogen-bond donors (Lipinski definition) is 2. The number of rotatable bonds is 8. The van der Waals surface area contributed by atoms with Crippen LogP contribution in [0.2, 0.25) is 0 Å². The number of carbonyl (C=O) groups excluding carboxylic acids is 2. The van der Waals surface area contributed by atoms with Gasteiger partial charge in [0.2, 0.25) is 11.8 Å². The normalized spacial score (nSPS) is 11.7. The molecule has 0 heterocycles. The van der Waals surface area contributed by atoms with Crippen LogP contribution in [-0.4, -0.2) is 17.1 Å². The number of hydrogen-bond acceptors (Lipinski definition) is 3. The lowest BCUT2D eigenvalue weighted by Gasteiger charge is -2.15. The number of thioether (sulfide) groups is 1. The summed E-state index contributed by atoms with van der Waals surface area (Å²) in [5, 5.41) is 5.67. The summed E-state index contributed by atoms with van der Waals surface area (Å²) in [6, 6.07) is 15.4. The molecule has 0 bridgehead atoms. The molecule has 0 aliphatic carbocycles. The second-order valence-corrected chi connectivity index (χ2v) is 7.47. The first kappa shape index (κ1) is 20.0. The van der Waals surface area contributed by atoms with Crippen molar-refractivity contribution in [3.63, 3.8) is 0 Å². The highest BCUT2D eigenvalue weighted by molar-refractivity contribution is 8.00. The predicted octanol–water partition coefficient (Wildman–Crippen LogP) is 5.24. The average Bonchev–Trinajstić information content (AvgIpc) is 2.62. The highest BCUT2D eigenvalue weighted by Gasteiger charge is 2.18. The molecule has 4 nitrogen and oxygen atoms in total. The molecule has 0 saturated heterocycles. The second-order valence-electron chi connectivity index (χ2n) is 6.20. The van der Waals surface area contributed by atoms with Gasteiger partial charge in [-0.2, -0.15) is 0 Å². The molecule has 2 amide bonds. The van der Waals surface area contributed by atoms with Crippen molar-refractivity contribution in [3.8, 4) is 0 Å². The summed E-state index contributed by atoms with van der Waals surface area (Å²) in [5.41, 5.74) is 2.73. The Balaban J connectivity index is 2.01. The Morgan fingerprint density at radius 2 is 1.73 bits per heavy atom. The van der Waals surface area contributed by atoms with E-state index in [1.807, 2.05) is 69.3 Å². The van der Waals surface area contributed by atoms with Gasteiger partial charge in [0.15, 0.2) is 0 Å². The van der Waals surface area contributed by atoms with Gasteiger partial charge >= 0.3 is 0 Å². The molecule has 138 valence electrons. The van der Waals surface area contributed by atoms with E-state index in [-0.39, 0.29) is 17.1 Å². The molecule has 1 atom stereocenters. The van der Waals surface area contributed by atoms with Crippen LogP contribution in [0.25, 0.3) is 0 Å². The smallest absolute Gasteiger partial charge is 0.237 e. The minimum atomic E-state index is -0.196. The quantitative estimate of drug-likeness (QED) is 0.625. The van der Waals surface area contributed by atoms with Crippen LogP contribution in [0, 0.1) is 6.92 Å². The van der Waals surface area contributed by atoms with Crippen LogP contribution in [0.1, 0.15) is 38.7 Å². The van der Waals surface area contributed by atoms with Crippen molar-refractivity contribution < 1.29 is 9.59 Å². The summed E-state index contributed by atoms with van der Waals surface area (Å²) >= 11 is 1.51. The molecule has 0 spiro atoms. The minimum absolute atomic E-state index is 0.0122. The molecule has 0 aliphatic rings. The number of aryl methyl sites for hydroxylation is 1. The van der Waals surface area contributed by atoms with Crippen LogP contribution in [-0.2, 0) is 9.59 Å². The molecule has 2 aromatic rings. The Hall–Kier alpha value is -2.27. The van der Waals surface area contributed by atoms with Crippen molar-refractivity contribution in [2.45, 2.75) is 50.2 Å². The van der Waals surface area contributed by atoms with Gasteiger partial charge in [-0.05, 0) is 50.1 Å². The molecule has 0 fully saturated rings. The number of carbonyl (C=O) groups is 2. The Bertz CT molecular complexity index is 744. The van der Waals surface area contributed by atoms with Gasteiger partial charge in [0, 0.05) is 22.7 Å². The largest absolute Gasteiger partial charge is 0.326 e. The second kappa shape index (κ2) is 10.0. The van der Waals surface area contributed by atoms with Crippen LogP contribution in [0.3, 0.4) is 0 Å². The van der Waals surface area contributed by atoms with E-state index in [1.54, 1.807) is 0 Å². The van der Waals surface area contributed by atoms with Gasteiger partial charge in [0.25, 0.3) is 0 Å². The SMILES string of the molecule is CCCC(=O)Nc1cccc(SC(CC)C(=O)Nc2ccc(C)cc2)c1. The van der Waals surface area contributed by atoms with E-state index in [4.69, 9.17) is 0 Å². The zero-order valence-electron chi connectivity index (χ0n) is 15.5. The zero-order chi connectivity index (χ0) is 18.9. The van der Waals surface area contributed by atoms with Crippen molar-refractivity contribution in [1.82, 2.24) is 0 Å². The Kier molecular flexibility index (Phi) is 7.73. The number of nitrogens with one attached hydrogen (secondary N) is 2. The molecule has 1 unspecified atom stereocenters. The molecule has 26 heavy (non-hydrogen) atoms. The van der Waals surface area contributed by atoms with Gasteiger partial charge in [0.05, 0.1) is 5.25 Å². The highest BCUT2D eigenvalue weighted by atomic mass is 32.2. The summed E-state index contributed by atoms with van der Waals surface area (Å²) in [5.74, 6) is 0.000537. The third-order valence-corrected chi connectivity index (χ3v) is 5.21. The Labute approximate surface area is 159 Å². The molecule has 5 heteroatoms. The van der Waals surface area contributed by atoms with Crippen molar-refractivity contribution >= 4 is 35.0 Å². The number of anilines is 2. The van der Waals surface area contributed by atoms with Gasteiger partial charge in [-0.25, -0.2) is 0 Å². The first-order valence-electron chi connectivity index (χ1n) is 8.96. The molecule has 0 saturated carbocycles. The van der Waals surface area contributed by atoms with Gasteiger partial charge < -0.3 is 10.6 Å².